The minimum Gasteiger partial charge on any atom is -0.389 e. The lowest BCUT2D eigenvalue weighted by atomic mass is 9.93. The lowest BCUT2D eigenvalue weighted by Crippen LogP contribution is -2.42. The molecule has 1 fully saturated rings. The van der Waals surface area contributed by atoms with Gasteiger partial charge in [-0.2, -0.15) is 0 Å². The predicted octanol–water partition coefficient (Wildman–Crippen LogP) is 1.37. The molecule has 1 aliphatic rings. The molecule has 0 aliphatic carbocycles. The molecule has 1 saturated heterocycles. The number of rotatable bonds is 6. The lowest BCUT2D eigenvalue weighted by Gasteiger charge is -2.28. The third-order valence-electron chi connectivity index (χ3n) is 3.25. The van der Waals surface area contributed by atoms with Crippen LogP contribution in [0.25, 0.3) is 0 Å². The fraction of sp³-hybridized carbons (Fsp3) is 1.00. The second-order valence-corrected chi connectivity index (χ2v) is 5.92. The fourth-order valence-electron chi connectivity index (χ4n) is 2.58. The maximum atomic E-state index is 10.1. The first-order valence-electron chi connectivity index (χ1n) is 6.63. The van der Waals surface area contributed by atoms with E-state index in [1.165, 1.54) is 12.8 Å². The summed E-state index contributed by atoms with van der Waals surface area (Å²) in [6, 6.07) is 0. The van der Waals surface area contributed by atoms with Gasteiger partial charge in [-0.3, -0.25) is 0 Å². The average Bonchev–Trinajstić information content (AvgIpc) is 2.16. The van der Waals surface area contributed by atoms with E-state index in [0.717, 1.165) is 38.5 Å². The van der Waals surface area contributed by atoms with E-state index < -0.39 is 5.60 Å². The van der Waals surface area contributed by atoms with Crippen LogP contribution in [0, 0.1) is 11.8 Å². The van der Waals surface area contributed by atoms with Crippen molar-refractivity contribution in [2.45, 2.75) is 45.6 Å². The molecule has 0 amide bonds. The molecule has 0 aromatic carbocycles. The third kappa shape index (κ3) is 5.83. The monoisotopic (exact) mass is 228 g/mol. The van der Waals surface area contributed by atoms with E-state index >= 15 is 0 Å². The Kier molecular flexibility index (Phi) is 5.73. The van der Waals surface area contributed by atoms with Gasteiger partial charge in [0.15, 0.2) is 0 Å². The molecule has 3 nitrogen and oxygen atoms in total. The number of hydrogen-bond donors (Lipinski definition) is 3. The molecule has 0 saturated carbocycles. The largest absolute Gasteiger partial charge is 0.389 e. The van der Waals surface area contributed by atoms with Gasteiger partial charge in [0.1, 0.15) is 0 Å². The molecule has 96 valence electrons. The maximum Gasteiger partial charge on any atom is 0.0746 e. The first-order chi connectivity index (χ1) is 7.49. The molecule has 0 radical (unpaired) electrons. The number of aliphatic hydroxyl groups is 1. The summed E-state index contributed by atoms with van der Waals surface area (Å²) in [5.41, 5.74) is -0.554. The van der Waals surface area contributed by atoms with Crippen molar-refractivity contribution < 1.29 is 5.11 Å². The van der Waals surface area contributed by atoms with E-state index in [1.54, 1.807) is 0 Å². The van der Waals surface area contributed by atoms with Gasteiger partial charge in [0.05, 0.1) is 5.60 Å². The third-order valence-corrected chi connectivity index (χ3v) is 3.25. The molecule has 3 heteroatoms. The van der Waals surface area contributed by atoms with Crippen molar-refractivity contribution in [3.63, 3.8) is 0 Å². The Labute approximate surface area is 100 Å². The van der Waals surface area contributed by atoms with Crippen LogP contribution in [0.5, 0.6) is 0 Å². The second kappa shape index (κ2) is 6.58. The Bertz CT molecular complexity index is 186. The van der Waals surface area contributed by atoms with Gasteiger partial charge in [0.25, 0.3) is 0 Å². The SMILES string of the molecule is CC(C)CC(C)(O)CNCC1CCNCC1. The van der Waals surface area contributed by atoms with E-state index in [9.17, 15) is 5.11 Å². The van der Waals surface area contributed by atoms with Crippen molar-refractivity contribution in [1.82, 2.24) is 10.6 Å². The zero-order valence-corrected chi connectivity index (χ0v) is 11.1. The van der Waals surface area contributed by atoms with Gasteiger partial charge < -0.3 is 15.7 Å². The van der Waals surface area contributed by atoms with Crippen LogP contribution >= 0.6 is 0 Å². The van der Waals surface area contributed by atoms with E-state index in [0.29, 0.717) is 5.92 Å². The van der Waals surface area contributed by atoms with Crippen LogP contribution in [-0.2, 0) is 0 Å². The van der Waals surface area contributed by atoms with Crippen LogP contribution in [0.2, 0.25) is 0 Å². The zero-order valence-electron chi connectivity index (χ0n) is 11.1. The Morgan fingerprint density at radius 1 is 1.38 bits per heavy atom. The Hall–Kier alpha value is -0.120. The summed E-state index contributed by atoms with van der Waals surface area (Å²) in [7, 11) is 0. The summed E-state index contributed by atoms with van der Waals surface area (Å²) in [6.45, 7) is 10.3. The number of piperidine rings is 1. The molecular weight excluding hydrogens is 200 g/mol. The molecule has 1 atom stereocenters. The van der Waals surface area contributed by atoms with Gasteiger partial charge in [-0.05, 0) is 57.7 Å². The average molecular weight is 228 g/mol. The highest BCUT2D eigenvalue weighted by Crippen LogP contribution is 2.16. The van der Waals surface area contributed by atoms with Crippen LogP contribution < -0.4 is 10.6 Å². The molecule has 1 aliphatic heterocycles. The first-order valence-corrected chi connectivity index (χ1v) is 6.63. The van der Waals surface area contributed by atoms with E-state index in [2.05, 4.69) is 24.5 Å². The van der Waals surface area contributed by atoms with Crippen LogP contribution in [0.15, 0.2) is 0 Å². The molecule has 1 rings (SSSR count). The number of nitrogens with one attached hydrogen (secondary N) is 2. The van der Waals surface area contributed by atoms with Crippen LogP contribution in [-0.4, -0.2) is 36.9 Å². The summed E-state index contributed by atoms with van der Waals surface area (Å²) >= 11 is 0. The molecule has 0 bridgehead atoms. The molecule has 1 heterocycles. The highest BCUT2D eigenvalue weighted by atomic mass is 16.3. The second-order valence-electron chi connectivity index (χ2n) is 5.92. The van der Waals surface area contributed by atoms with Crippen molar-refractivity contribution in [3.8, 4) is 0 Å². The Morgan fingerprint density at radius 3 is 2.56 bits per heavy atom. The van der Waals surface area contributed by atoms with Gasteiger partial charge in [0, 0.05) is 6.54 Å². The number of hydrogen-bond acceptors (Lipinski definition) is 3. The van der Waals surface area contributed by atoms with Crippen molar-refractivity contribution in [2.24, 2.45) is 11.8 Å². The highest BCUT2D eigenvalue weighted by molar-refractivity contribution is 4.78. The topological polar surface area (TPSA) is 44.3 Å². The van der Waals surface area contributed by atoms with E-state index in [4.69, 9.17) is 0 Å². The van der Waals surface area contributed by atoms with Crippen LogP contribution in [0.4, 0.5) is 0 Å². The van der Waals surface area contributed by atoms with Crippen LogP contribution in [0.1, 0.15) is 40.0 Å². The van der Waals surface area contributed by atoms with E-state index in [1.807, 2.05) is 6.92 Å². The quantitative estimate of drug-likeness (QED) is 0.643. The molecule has 3 N–H and O–H groups in total. The zero-order chi connectivity index (χ0) is 12.0. The van der Waals surface area contributed by atoms with Gasteiger partial charge in [-0.15, -0.1) is 0 Å². The first kappa shape index (κ1) is 13.9. The van der Waals surface area contributed by atoms with Crippen molar-refractivity contribution in [1.29, 1.82) is 0 Å². The van der Waals surface area contributed by atoms with Gasteiger partial charge in [-0.1, -0.05) is 13.8 Å². The minimum absolute atomic E-state index is 0.552. The van der Waals surface area contributed by atoms with Gasteiger partial charge >= 0.3 is 0 Å². The molecular formula is C13H28N2O. The summed E-state index contributed by atoms with van der Waals surface area (Å²) in [4.78, 5) is 0. The van der Waals surface area contributed by atoms with Gasteiger partial charge in [-0.25, -0.2) is 0 Å². The molecule has 0 aromatic rings. The molecule has 0 aromatic heterocycles. The summed E-state index contributed by atoms with van der Waals surface area (Å²) in [5.74, 6) is 1.34. The highest BCUT2D eigenvalue weighted by Gasteiger charge is 2.22. The Morgan fingerprint density at radius 2 is 2.00 bits per heavy atom. The minimum atomic E-state index is -0.554. The summed E-state index contributed by atoms with van der Waals surface area (Å²) < 4.78 is 0. The standard InChI is InChI=1S/C13H28N2O/c1-11(2)8-13(3,16)10-15-9-12-4-6-14-7-5-12/h11-12,14-16H,4-10H2,1-3H3. The van der Waals surface area contributed by atoms with Crippen molar-refractivity contribution in [3.05, 3.63) is 0 Å². The smallest absolute Gasteiger partial charge is 0.0746 e. The summed E-state index contributed by atoms with van der Waals surface area (Å²) in [5, 5.41) is 16.9. The van der Waals surface area contributed by atoms with Gasteiger partial charge in [0.2, 0.25) is 0 Å². The molecule has 1 unspecified atom stereocenters. The lowest BCUT2D eigenvalue weighted by molar-refractivity contribution is 0.0375. The van der Waals surface area contributed by atoms with Crippen LogP contribution in [0.3, 0.4) is 0 Å². The molecule has 16 heavy (non-hydrogen) atoms. The van der Waals surface area contributed by atoms with E-state index in [-0.39, 0.29) is 0 Å². The summed E-state index contributed by atoms with van der Waals surface area (Å²) in [6.07, 6.45) is 3.39. The maximum absolute atomic E-state index is 10.1. The molecule has 0 spiro atoms. The van der Waals surface area contributed by atoms with Crippen molar-refractivity contribution in [2.75, 3.05) is 26.2 Å². The predicted molar refractivity (Wildman–Crippen MR) is 68.5 cm³/mol. The Balaban J connectivity index is 2.13. The van der Waals surface area contributed by atoms with Crippen molar-refractivity contribution >= 4 is 0 Å². The fourth-order valence-corrected chi connectivity index (χ4v) is 2.58. The normalized spacial score (nSPS) is 22.3.